The van der Waals surface area contributed by atoms with E-state index in [4.69, 9.17) is 5.11 Å². The Morgan fingerprint density at radius 1 is 1.11 bits per heavy atom. The number of carbonyl (C=O) groups is 1. The van der Waals surface area contributed by atoms with E-state index in [1.165, 1.54) is 12.8 Å². The Kier molecular flexibility index (Phi) is 4.43. The van der Waals surface area contributed by atoms with Crippen molar-refractivity contribution in [2.75, 3.05) is 11.9 Å². The molecule has 0 unspecified atom stereocenters. The molecule has 0 amide bonds. The molecule has 0 spiro atoms. The molecule has 19 heavy (non-hydrogen) atoms. The standard InChI is InChI=1S/C15H21NO3/c17-14(18)12-5-7-13(8-6-12)16-11-15(19)9-3-1-2-4-10-15/h5-8,16,19H,1-4,9-11H2,(H,17,18). The molecule has 1 aromatic carbocycles. The number of rotatable bonds is 4. The van der Waals surface area contributed by atoms with Crippen LogP contribution in [0.25, 0.3) is 0 Å². The number of carboxylic acids is 1. The second-order valence-corrected chi connectivity index (χ2v) is 5.37. The zero-order valence-corrected chi connectivity index (χ0v) is 11.1. The van der Waals surface area contributed by atoms with Crippen LogP contribution < -0.4 is 5.32 Å². The lowest BCUT2D eigenvalue weighted by Crippen LogP contribution is -2.36. The van der Waals surface area contributed by atoms with Gasteiger partial charge in [0.1, 0.15) is 0 Å². The molecule has 1 aliphatic rings. The minimum absolute atomic E-state index is 0.277. The zero-order valence-electron chi connectivity index (χ0n) is 11.1. The van der Waals surface area contributed by atoms with Crippen molar-refractivity contribution >= 4 is 11.7 Å². The molecule has 104 valence electrons. The van der Waals surface area contributed by atoms with Crippen LogP contribution in [0.2, 0.25) is 0 Å². The Hall–Kier alpha value is -1.55. The fourth-order valence-electron chi connectivity index (χ4n) is 2.56. The van der Waals surface area contributed by atoms with Crippen LogP contribution in [0.4, 0.5) is 5.69 Å². The Morgan fingerprint density at radius 2 is 1.68 bits per heavy atom. The molecule has 0 aromatic heterocycles. The van der Waals surface area contributed by atoms with E-state index >= 15 is 0 Å². The van der Waals surface area contributed by atoms with Crippen molar-refractivity contribution < 1.29 is 15.0 Å². The van der Waals surface area contributed by atoms with Gasteiger partial charge in [0.15, 0.2) is 0 Å². The number of aliphatic hydroxyl groups is 1. The molecule has 4 heteroatoms. The molecule has 1 aromatic rings. The zero-order chi connectivity index (χ0) is 13.7. The van der Waals surface area contributed by atoms with Crippen molar-refractivity contribution in [3.63, 3.8) is 0 Å². The van der Waals surface area contributed by atoms with Crippen molar-refractivity contribution in [1.82, 2.24) is 0 Å². The summed E-state index contributed by atoms with van der Waals surface area (Å²) in [4.78, 5) is 10.7. The van der Waals surface area contributed by atoms with Crippen LogP contribution in [0.15, 0.2) is 24.3 Å². The van der Waals surface area contributed by atoms with E-state index in [0.29, 0.717) is 6.54 Å². The third kappa shape index (κ3) is 3.96. The molecule has 0 saturated heterocycles. The third-order valence-electron chi connectivity index (χ3n) is 3.79. The van der Waals surface area contributed by atoms with Crippen LogP contribution in [-0.2, 0) is 0 Å². The van der Waals surface area contributed by atoms with Gasteiger partial charge in [-0.05, 0) is 37.1 Å². The van der Waals surface area contributed by atoms with Gasteiger partial charge in [0, 0.05) is 12.2 Å². The van der Waals surface area contributed by atoms with Crippen molar-refractivity contribution in [2.24, 2.45) is 0 Å². The molecule has 2 rings (SSSR count). The average molecular weight is 263 g/mol. The number of hydrogen-bond acceptors (Lipinski definition) is 3. The SMILES string of the molecule is O=C(O)c1ccc(NCC2(O)CCCCCC2)cc1. The van der Waals surface area contributed by atoms with Crippen LogP contribution in [0, 0.1) is 0 Å². The first kappa shape index (κ1) is 13.9. The molecule has 0 atom stereocenters. The summed E-state index contributed by atoms with van der Waals surface area (Å²) in [7, 11) is 0. The van der Waals surface area contributed by atoms with Crippen molar-refractivity contribution in [2.45, 2.75) is 44.1 Å². The molecular weight excluding hydrogens is 242 g/mol. The highest BCUT2D eigenvalue weighted by Crippen LogP contribution is 2.27. The Balaban J connectivity index is 1.92. The van der Waals surface area contributed by atoms with Gasteiger partial charge in [-0.1, -0.05) is 25.7 Å². The molecule has 0 heterocycles. The monoisotopic (exact) mass is 263 g/mol. The van der Waals surface area contributed by atoms with Crippen LogP contribution in [0.1, 0.15) is 48.9 Å². The first-order chi connectivity index (χ1) is 9.09. The molecule has 0 aliphatic heterocycles. The quantitative estimate of drug-likeness (QED) is 0.731. The van der Waals surface area contributed by atoms with E-state index in [1.807, 2.05) is 0 Å². The first-order valence-corrected chi connectivity index (χ1v) is 6.89. The first-order valence-electron chi connectivity index (χ1n) is 6.89. The number of aromatic carboxylic acids is 1. The summed E-state index contributed by atoms with van der Waals surface area (Å²) in [6, 6.07) is 6.62. The Labute approximate surface area is 113 Å². The normalized spacial score (nSPS) is 18.6. The van der Waals surface area contributed by atoms with Crippen LogP contribution in [-0.4, -0.2) is 28.3 Å². The summed E-state index contributed by atoms with van der Waals surface area (Å²) in [5.41, 5.74) is 0.503. The summed E-state index contributed by atoms with van der Waals surface area (Å²) in [5, 5.41) is 22.5. The van der Waals surface area contributed by atoms with Gasteiger partial charge in [-0.3, -0.25) is 0 Å². The second-order valence-electron chi connectivity index (χ2n) is 5.37. The van der Waals surface area contributed by atoms with Gasteiger partial charge in [-0.15, -0.1) is 0 Å². The minimum atomic E-state index is -0.922. The summed E-state index contributed by atoms with van der Waals surface area (Å²) >= 11 is 0. The minimum Gasteiger partial charge on any atom is -0.478 e. The summed E-state index contributed by atoms with van der Waals surface area (Å²) < 4.78 is 0. The lowest BCUT2D eigenvalue weighted by molar-refractivity contribution is 0.0381. The van der Waals surface area contributed by atoms with Crippen molar-refractivity contribution in [1.29, 1.82) is 0 Å². The van der Waals surface area contributed by atoms with Gasteiger partial charge in [0.05, 0.1) is 11.2 Å². The number of nitrogens with one attached hydrogen (secondary N) is 1. The van der Waals surface area contributed by atoms with Gasteiger partial charge >= 0.3 is 5.97 Å². The van der Waals surface area contributed by atoms with E-state index < -0.39 is 11.6 Å². The maximum atomic E-state index is 10.7. The van der Waals surface area contributed by atoms with Gasteiger partial charge in [-0.2, -0.15) is 0 Å². The van der Waals surface area contributed by atoms with Crippen molar-refractivity contribution in [3.8, 4) is 0 Å². The van der Waals surface area contributed by atoms with Crippen LogP contribution in [0.5, 0.6) is 0 Å². The second kappa shape index (κ2) is 6.06. The highest BCUT2D eigenvalue weighted by molar-refractivity contribution is 5.87. The third-order valence-corrected chi connectivity index (χ3v) is 3.79. The van der Waals surface area contributed by atoms with Gasteiger partial charge in [0.2, 0.25) is 0 Å². The van der Waals surface area contributed by atoms with E-state index in [-0.39, 0.29) is 5.56 Å². The van der Waals surface area contributed by atoms with Crippen molar-refractivity contribution in [3.05, 3.63) is 29.8 Å². The Morgan fingerprint density at radius 3 is 2.21 bits per heavy atom. The van der Waals surface area contributed by atoms with E-state index in [0.717, 1.165) is 31.4 Å². The summed E-state index contributed by atoms with van der Waals surface area (Å²) in [6.07, 6.45) is 6.25. The van der Waals surface area contributed by atoms with Gasteiger partial charge < -0.3 is 15.5 Å². The van der Waals surface area contributed by atoms with E-state index in [1.54, 1.807) is 24.3 Å². The predicted molar refractivity (Wildman–Crippen MR) is 74.5 cm³/mol. The summed E-state index contributed by atoms with van der Waals surface area (Å²) in [5.74, 6) is -0.922. The smallest absolute Gasteiger partial charge is 0.335 e. The fraction of sp³-hybridized carbons (Fsp3) is 0.533. The van der Waals surface area contributed by atoms with E-state index in [9.17, 15) is 9.90 Å². The molecule has 3 N–H and O–H groups in total. The molecular formula is C15H21NO3. The maximum absolute atomic E-state index is 10.7. The largest absolute Gasteiger partial charge is 0.478 e. The van der Waals surface area contributed by atoms with E-state index in [2.05, 4.69) is 5.32 Å². The predicted octanol–water partition coefficient (Wildman–Crippen LogP) is 2.88. The number of anilines is 1. The molecule has 1 aliphatic carbocycles. The Bertz CT molecular complexity index is 420. The number of carboxylic acid groups (broad SMARTS) is 1. The summed E-state index contributed by atoms with van der Waals surface area (Å²) in [6.45, 7) is 0.527. The molecule has 0 radical (unpaired) electrons. The van der Waals surface area contributed by atoms with Gasteiger partial charge in [-0.25, -0.2) is 4.79 Å². The van der Waals surface area contributed by atoms with Crippen LogP contribution in [0.3, 0.4) is 0 Å². The number of hydrogen-bond donors (Lipinski definition) is 3. The fourth-order valence-corrected chi connectivity index (χ4v) is 2.56. The average Bonchev–Trinajstić information content (AvgIpc) is 2.62. The lowest BCUT2D eigenvalue weighted by atomic mass is 9.94. The molecule has 1 fully saturated rings. The lowest BCUT2D eigenvalue weighted by Gasteiger charge is -2.27. The maximum Gasteiger partial charge on any atom is 0.335 e. The molecule has 1 saturated carbocycles. The van der Waals surface area contributed by atoms with Crippen LogP contribution >= 0.6 is 0 Å². The van der Waals surface area contributed by atoms with Gasteiger partial charge in [0.25, 0.3) is 0 Å². The molecule has 0 bridgehead atoms. The number of benzene rings is 1. The highest BCUT2D eigenvalue weighted by atomic mass is 16.4. The topological polar surface area (TPSA) is 69.6 Å². The highest BCUT2D eigenvalue weighted by Gasteiger charge is 2.27. The molecule has 4 nitrogen and oxygen atoms in total.